The molecule has 0 atom stereocenters. The van der Waals surface area contributed by atoms with Crippen molar-refractivity contribution in [2.75, 3.05) is 19.6 Å². The van der Waals surface area contributed by atoms with Gasteiger partial charge in [-0.15, -0.1) is 11.3 Å². The molecule has 1 aliphatic rings. The third-order valence-corrected chi connectivity index (χ3v) is 7.94. The standard InChI is InChI=1S/C14H23BrN2O2S2/c1-3-6-16-10-12-9-13(14(15)20-12)21(18,19)17-7-4-11(2)5-8-17/h9,11,16H,3-8,10H2,1-2H3. The van der Waals surface area contributed by atoms with Crippen LogP contribution in [-0.4, -0.2) is 32.4 Å². The number of sulfonamides is 1. The van der Waals surface area contributed by atoms with E-state index in [2.05, 4.69) is 35.1 Å². The van der Waals surface area contributed by atoms with Crippen molar-refractivity contribution in [3.63, 3.8) is 0 Å². The zero-order chi connectivity index (χ0) is 15.5. The highest BCUT2D eigenvalue weighted by Gasteiger charge is 2.30. The van der Waals surface area contributed by atoms with Crippen LogP contribution in [0.3, 0.4) is 0 Å². The molecule has 0 saturated carbocycles. The predicted octanol–water partition coefficient (Wildman–Crippen LogP) is 3.43. The Bertz CT molecular complexity index is 564. The first kappa shape index (κ1) is 17.4. The number of rotatable bonds is 6. The maximum Gasteiger partial charge on any atom is 0.245 e. The van der Waals surface area contributed by atoms with Gasteiger partial charge in [0.25, 0.3) is 0 Å². The van der Waals surface area contributed by atoms with Crippen molar-refractivity contribution in [2.45, 2.75) is 44.6 Å². The minimum Gasteiger partial charge on any atom is -0.312 e. The number of hydrogen-bond donors (Lipinski definition) is 1. The van der Waals surface area contributed by atoms with E-state index in [4.69, 9.17) is 0 Å². The van der Waals surface area contributed by atoms with Crippen LogP contribution in [0.1, 0.15) is 38.0 Å². The summed E-state index contributed by atoms with van der Waals surface area (Å²) >= 11 is 4.93. The van der Waals surface area contributed by atoms with Crippen molar-refractivity contribution < 1.29 is 8.42 Å². The fourth-order valence-electron chi connectivity index (χ4n) is 2.41. The molecule has 1 N–H and O–H groups in total. The fourth-order valence-corrected chi connectivity index (χ4v) is 6.49. The first-order valence-electron chi connectivity index (χ1n) is 7.44. The van der Waals surface area contributed by atoms with Gasteiger partial charge in [-0.3, -0.25) is 0 Å². The van der Waals surface area contributed by atoms with Gasteiger partial charge in [0, 0.05) is 24.5 Å². The molecule has 4 nitrogen and oxygen atoms in total. The van der Waals surface area contributed by atoms with Crippen molar-refractivity contribution in [1.29, 1.82) is 0 Å². The smallest absolute Gasteiger partial charge is 0.245 e. The van der Waals surface area contributed by atoms with E-state index in [1.165, 1.54) is 11.3 Å². The van der Waals surface area contributed by atoms with E-state index in [9.17, 15) is 8.42 Å². The Morgan fingerprint density at radius 2 is 2.10 bits per heavy atom. The van der Waals surface area contributed by atoms with Crippen LogP contribution in [0.25, 0.3) is 0 Å². The Morgan fingerprint density at radius 1 is 1.43 bits per heavy atom. The molecule has 0 bridgehead atoms. The number of hydrogen-bond acceptors (Lipinski definition) is 4. The zero-order valence-corrected chi connectivity index (χ0v) is 15.8. The lowest BCUT2D eigenvalue weighted by atomic mass is 10.0. The van der Waals surface area contributed by atoms with E-state index in [-0.39, 0.29) is 0 Å². The van der Waals surface area contributed by atoms with Crippen LogP contribution in [0.4, 0.5) is 0 Å². The molecule has 120 valence electrons. The summed E-state index contributed by atoms with van der Waals surface area (Å²) in [6, 6.07) is 1.81. The monoisotopic (exact) mass is 394 g/mol. The highest BCUT2D eigenvalue weighted by atomic mass is 79.9. The molecular weight excluding hydrogens is 372 g/mol. The summed E-state index contributed by atoms with van der Waals surface area (Å²) < 4.78 is 27.8. The van der Waals surface area contributed by atoms with Gasteiger partial charge in [-0.05, 0) is 53.7 Å². The van der Waals surface area contributed by atoms with E-state index in [0.717, 1.165) is 41.0 Å². The van der Waals surface area contributed by atoms with E-state index >= 15 is 0 Å². The van der Waals surface area contributed by atoms with E-state index in [1.54, 1.807) is 4.31 Å². The van der Waals surface area contributed by atoms with Crippen molar-refractivity contribution in [3.05, 3.63) is 14.7 Å². The largest absolute Gasteiger partial charge is 0.312 e. The van der Waals surface area contributed by atoms with Crippen molar-refractivity contribution in [2.24, 2.45) is 5.92 Å². The number of halogens is 1. The van der Waals surface area contributed by atoms with Crippen LogP contribution in [0, 0.1) is 5.92 Å². The second-order valence-corrected chi connectivity index (χ2v) is 9.98. The Balaban J connectivity index is 2.12. The Kier molecular flexibility index (Phi) is 6.25. The highest BCUT2D eigenvalue weighted by molar-refractivity contribution is 9.11. The second-order valence-electron chi connectivity index (χ2n) is 5.61. The van der Waals surface area contributed by atoms with Crippen molar-refractivity contribution in [3.8, 4) is 0 Å². The highest BCUT2D eigenvalue weighted by Crippen LogP contribution is 2.34. The molecule has 2 heterocycles. The van der Waals surface area contributed by atoms with Crippen LogP contribution in [0.5, 0.6) is 0 Å². The van der Waals surface area contributed by atoms with Crippen LogP contribution >= 0.6 is 27.3 Å². The molecule has 0 aliphatic carbocycles. The normalized spacial score (nSPS) is 18.2. The first-order valence-corrected chi connectivity index (χ1v) is 10.5. The molecule has 1 aliphatic heterocycles. The molecule has 2 rings (SSSR count). The lowest BCUT2D eigenvalue weighted by Crippen LogP contribution is -2.37. The maximum atomic E-state index is 12.7. The molecule has 1 saturated heterocycles. The van der Waals surface area contributed by atoms with Gasteiger partial charge in [0.05, 0.1) is 3.79 Å². The van der Waals surface area contributed by atoms with Crippen molar-refractivity contribution >= 4 is 37.3 Å². The SMILES string of the molecule is CCCNCc1cc(S(=O)(=O)N2CCC(C)CC2)c(Br)s1. The van der Waals surface area contributed by atoms with Gasteiger partial charge in [-0.2, -0.15) is 4.31 Å². The summed E-state index contributed by atoms with van der Waals surface area (Å²) in [7, 11) is -3.36. The molecule has 0 radical (unpaired) electrons. The number of nitrogens with zero attached hydrogens (tertiary/aromatic N) is 1. The van der Waals surface area contributed by atoms with Gasteiger partial charge >= 0.3 is 0 Å². The summed E-state index contributed by atoms with van der Waals surface area (Å²) in [6.07, 6.45) is 2.97. The lowest BCUT2D eigenvalue weighted by molar-refractivity contribution is 0.288. The summed E-state index contributed by atoms with van der Waals surface area (Å²) in [4.78, 5) is 1.48. The van der Waals surface area contributed by atoms with Crippen LogP contribution in [0.2, 0.25) is 0 Å². The summed E-state index contributed by atoms with van der Waals surface area (Å²) in [5, 5.41) is 3.31. The van der Waals surface area contributed by atoms with Gasteiger partial charge in [0.1, 0.15) is 4.90 Å². The quantitative estimate of drug-likeness (QED) is 0.751. The molecule has 0 unspecified atom stereocenters. The predicted molar refractivity (Wildman–Crippen MR) is 91.2 cm³/mol. The molecule has 1 aromatic heterocycles. The second kappa shape index (κ2) is 7.55. The van der Waals surface area contributed by atoms with Crippen LogP contribution in [-0.2, 0) is 16.6 Å². The summed E-state index contributed by atoms with van der Waals surface area (Å²) in [5.41, 5.74) is 0. The molecule has 1 aromatic rings. The van der Waals surface area contributed by atoms with Crippen LogP contribution < -0.4 is 5.32 Å². The number of nitrogens with one attached hydrogen (secondary N) is 1. The van der Waals surface area contributed by atoms with Gasteiger partial charge in [-0.1, -0.05) is 13.8 Å². The van der Waals surface area contributed by atoms with Gasteiger partial charge in [0.2, 0.25) is 10.0 Å². The summed E-state index contributed by atoms with van der Waals surface area (Å²) in [5.74, 6) is 0.621. The minimum atomic E-state index is -3.36. The minimum absolute atomic E-state index is 0.426. The molecule has 1 fully saturated rings. The zero-order valence-electron chi connectivity index (χ0n) is 12.6. The van der Waals surface area contributed by atoms with Gasteiger partial charge in [-0.25, -0.2) is 8.42 Å². The molecule has 7 heteroatoms. The topological polar surface area (TPSA) is 49.4 Å². The molecule has 0 aromatic carbocycles. The van der Waals surface area contributed by atoms with Gasteiger partial charge in [0.15, 0.2) is 0 Å². The van der Waals surface area contributed by atoms with Crippen molar-refractivity contribution in [1.82, 2.24) is 9.62 Å². The third kappa shape index (κ3) is 4.28. The number of thiophene rings is 1. The Labute approximate surface area is 140 Å². The van der Waals surface area contributed by atoms with E-state index in [1.807, 2.05) is 6.07 Å². The van der Waals surface area contributed by atoms with Gasteiger partial charge < -0.3 is 5.32 Å². The Morgan fingerprint density at radius 3 is 2.71 bits per heavy atom. The molecule has 0 spiro atoms. The maximum absolute atomic E-state index is 12.7. The fraction of sp³-hybridized carbons (Fsp3) is 0.714. The molecule has 21 heavy (non-hydrogen) atoms. The Hall–Kier alpha value is 0.0500. The van der Waals surface area contributed by atoms with E-state index in [0.29, 0.717) is 23.9 Å². The van der Waals surface area contributed by atoms with E-state index < -0.39 is 10.0 Å². The molecule has 0 amide bonds. The summed E-state index contributed by atoms with van der Waals surface area (Å²) in [6.45, 7) is 7.24. The third-order valence-electron chi connectivity index (χ3n) is 3.79. The van der Waals surface area contributed by atoms with Crippen LogP contribution in [0.15, 0.2) is 14.7 Å². The molecular formula is C14H23BrN2O2S2. The number of piperidine rings is 1. The average molecular weight is 395 g/mol. The lowest BCUT2D eigenvalue weighted by Gasteiger charge is -2.29. The average Bonchev–Trinajstić information content (AvgIpc) is 2.81. The first-order chi connectivity index (χ1) is 9.95.